The maximum atomic E-state index is 12.8. The summed E-state index contributed by atoms with van der Waals surface area (Å²) < 4.78 is 1.60. The number of benzene rings is 1. The maximum Gasteiger partial charge on any atom is 0.310 e. The van der Waals surface area contributed by atoms with Crippen LogP contribution in [0.2, 0.25) is 5.02 Å². The lowest BCUT2D eigenvalue weighted by Gasteiger charge is -2.34. The molecule has 2 atom stereocenters. The molecule has 1 aromatic carbocycles. The Morgan fingerprint density at radius 2 is 2.12 bits per heavy atom. The lowest BCUT2D eigenvalue weighted by molar-refractivity contribution is -0.148. The number of hydrogen-bond donors (Lipinski definition) is 2. The molecule has 0 aliphatic carbocycles. The number of halogens is 1. The van der Waals surface area contributed by atoms with Crippen LogP contribution in [0.4, 0.5) is 0 Å². The first-order valence-electron chi connectivity index (χ1n) is 7.47. The van der Waals surface area contributed by atoms with E-state index in [1.807, 2.05) is 0 Å². The van der Waals surface area contributed by atoms with Crippen molar-refractivity contribution in [2.24, 2.45) is 5.92 Å². The molecule has 0 radical (unpaired) electrons. The van der Waals surface area contributed by atoms with Crippen molar-refractivity contribution >= 4 is 23.5 Å². The van der Waals surface area contributed by atoms with E-state index in [1.165, 1.54) is 4.90 Å². The second-order valence-corrected chi connectivity index (χ2v) is 6.07. The van der Waals surface area contributed by atoms with Crippen LogP contribution in [0.25, 0.3) is 5.69 Å². The zero-order valence-corrected chi connectivity index (χ0v) is 13.4. The van der Waals surface area contributed by atoms with Gasteiger partial charge in [-0.1, -0.05) is 11.6 Å². The lowest BCUT2D eigenvalue weighted by Crippen LogP contribution is -2.48. The Labute approximate surface area is 143 Å². The third kappa shape index (κ3) is 3.13. The first-order chi connectivity index (χ1) is 11.5. The van der Waals surface area contributed by atoms with E-state index in [0.29, 0.717) is 5.69 Å². The van der Waals surface area contributed by atoms with Crippen LogP contribution in [0.15, 0.2) is 36.7 Å². The highest BCUT2D eigenvalue weighted by Gasteiger charge is 2.35. The van der Waals surface area contributed by atoms with Gasteiger partial charge in [-0.15, -0.1) is 0 Å². The van der Waals surface area contributed by atoms with Crippen molar-refractivity contribution in [1.29, 1.82) is 0 Å². The van der Waals surface area contributed by atoms with Crippen LogP contribution in [0.1, 0.15) is 16.8 Å². The summed E-state index contributed by atoms with van der Waals surface area (Å²) in [6.45, 7) is 0.240. The number of amides is 1. The molecule has 126 valence electrons. The van der Waals surface area contributed by atoms with Crippen molar-refractivity contribution in [3.63, 3.8) is 0 Å². The Hall–Kier alpha value is -2.38. The summed E-state index contributed by atoms with van der Waals surface area (Å²) >= 11 is 6.16. The smallest absolute Gasteiger partial charge is 0.310 e. The molecule has 24 heavy (non-hydrogen) atoms. The Morgan fingerprint density at radius 1 is 1.33 bits per heavy atom. The Bertz CT molecular complexity index is 763. The zero-order chi connectivity index (χ0) is 17.3. The molecule has 0 bridgehead atoms. The molecule has 1 aliphatic heterocycles. The van der Waals surface area contributed by atoms with Crippen LogP contribution < -0.4 is 0 Å². The predicted molar refractivity (Wildman–Crippen MR) is 86.2 cm³/mol. The Kier molecular flexibility index (Phi) is 4.55. The highest BCUT2D eigenvalue weighted by atomic mass is 35.5. The molecule has 1 amide bonds. The fourth-order valence-electron chi connectivity index (χ4n) is 2.78. The molecule has 2 aromatic rings. The number of hydrogen-bond acceptors (Lipinski definition) is 4. The van der Waals surface area contributed by atoms with Gasteiger partial charge in [-0.3, -0.25) is 9.59 Å². The SMILES string of the molecule is O=C(O)[C@@H]1CN(C(=O)c2cc(-n3cccn3)ccc2Cl)CC[C@@H]1O. The number of carbonyl (C=O) groups is 2. The fraction of sp³-hybridized carbons (Fsp3) is 0.312. The largest absolute Gasteiger partial charge is 0.481 e. The van der Waals surface area contributed by atoms with Crippen LogP contribution >= 0.6 is 11.6 Å². The predicted octanol–water partition coefficient (Wildman–Crippen LogP) is 1.43. The van der Waals surface area contributed by atoms with E-state index in [9.17, 15) is 14.7 Å². The molecule has 0 spiro atoms. The van der Waals surface area contributed by atoms with Gasteiger partial charge in [0.05, 0.1) is 22.4 Å². The summed E-state index contributed by atoms with van der Waals surface area (Å²) in [5.74, 6) is -2.46. The molecular weight excluding hydrogens is 334 g/mol. The average molecular weight is 350 g/mol. The normalized spacial score (nSPS) is 20.8. The van der Waals surface area contributed by atoms with Crippen LogP contribution in [-0.2, 0) is 4.79 Å². The number of carbonyl (C=O) groups excluding carboxylic acids is 1. The van der Waals surface area contributed by atoms with Crippen molar-refractivity contribution in [3.8, 4) is 5.69 Å². The minimum Gasteiger partial charge on any atom is -0.481 e. The summed E-state index contributed by atoms with van der Waals surface area (Å²) in [6.07, 6.45) is 2.64. The number of piperidine rings is 1. The highest BCUT2D eigenvalue weighted by molar-refractivity contribution is 6.33. The number of likely N-dealkylation sites (tertiary alicyclic amines) is 1. The quantitative estimate of drug-likeness (QED) is 0.874. The summed E-state index contributed by atoms with van der Waals surface area (Å²) in [7, 11) is 0. The van der Waals surface area contributed by atoms with Crippen LogP contribution in [-0.4, -0.2) is 56.0 Å². The topological polar surface area (TPSA) is 95.7 Å². The molecule has 1 saturated heterocycles. The number of carboxylic acids is 1. The van der Waals surface area contributed by atoms with Crippen molar-refractivity contribution < 1.29 is 19.8 Å². The minimum atomic E-state index is -1.11. The Morgan fingerprint density at radius 3 is 2.79 bits per heavy atom. The van der Waals surface area contributed by atoms with E-state index >= 15 is 0 Å². The molecule has 2 heterocycles. The molecule has 1 aromatic heterocycles. The Balaban J connectivity index is 1.87. The van der Waals surface area contributed by atoms with Gasteiger partial charge in [0.1, 0.15) is 5.92 Å². The minimum absolute atomic E-state index is 0.0440. The van der Waals surface area contributed by atoms with Crippen LogP contribution in [0, 0.1) is 5.92 Å². The molecule has 7 nitrogen and oxygen atoms in total. The van der Waals surface area contributed by atoms with Gasteiger partial charge in [-0.25, -0.2) is 4.68 Å². The van der Waals surface area contributed by atoms with E-state index in [0.717, 1.165) is 0 Å². The third-order valence-electron chi connectivity index (χ3n) is 4.13. The molecular formula is C16H16ClN3O4. The number of rotatable bonds is 3. The van der Waals surface area contributed by atoms with Gasteiger partial charge >= 0.3 is 5.97 Å². The van der Waals surface area contributed by atoms with E-state index < -0.39 is 18.0 Å². The fourth-order valence-corrected chi connectivity index (χ4v) is 2.98. The van der Waals surface area contributed by atoms with Crippen LogP contribution in [0.5, 0.6) is 0 Å². The van der Waals surface area contributed by atoms with E-state index in [2.05, 4.69) is 5.10 Å². The number of aliphatic hydroxyl groups is 1. The van der Waals surface area contributed by atoms with Gasteiger partial charge in [0.15, 0.2) is 0 Å². The van der Waals surface area contributed by atoms with E-state index in [1.54, 1.807) is 41.3 Å². The van der Waals surface area contributed by atoms with E-state index in [-0.39, 0.29) is 36.0 Å². The van der Waals surface area contributed by atoms with Crippen molar-refractivity contribution in [2.45, 2.75) is 12.5 Å². The summed E-state index contributed by atoms with van der Waals surface area (Å²) in [5.41, 5.74) is 0.963. The maximum absolute atomic E-state index is 12.8. The summed E-state index contributed by atoms with van der Waals surface area (Å²) in [6, 6.07) is 6.74. The lowest BCUT2D eigenvalue weighted by atomic mass is 9.94. The molecule has 2 N–H and O–H groups in total. The molecule has 8 heteroatoms. The number of nitrogens with zero attached hydrogens (tertiary/aromatic N) is 3. The summed E-state index contributed by atoms with van der Waals surface area (Å²) in [5, 5.41) is 23.3. The molecule has 1 fully saturated rings. The molecule has 1 aliphatic rings. The monoisotopic (exact) mass is 349 g/mol. The van der Waals surface area contributed by atoms with Gasteiger partial charge in [0, 0.05) is 25.5 Å². The number of aliphatic carboxylic acids is 1. The standard InChI is InChI=1S/C16H16ClN3O4/c17-13-3-2-10(20-6-1-5-18-20)8-11(13)15(22)19-7-4-14(21)12(9-19)16(23)24/h1-3,5-6,8,12,14,21H,4,7,9H2,(H,23,24)/t12-,14+/m1/s1. The van der Waals surface area contributed by atoms with Crippen LogP contribution in [0.3, 0.4) is 0 Å². The number of aliphatic hydroxyl groups excluding tert-OH is 1. The second-order valence-electron chi connectivity index (χ2n) is 5.67. The zero-order valence-electron chi connectivity index (χ0n) is 12.7. The number of carboxylic acid groups (broad SMARTS) is 1. The highest BCUT2D eigenvalue weighted by Crippen LogP contribution is 2.25. The van der Waals surface area contributed by atoms with E-state index in [4.69, 9.17) is 16.7 Å². The van der Waals surface area contributed by atoms with Crippen molar-refractivity contribution in [1.82, 2.24) is 14.7 Å². The number of aromatic nitrogens is 2. The van der Waals surface area contributed by atoms with Gasteiger partial charge in [-0.2, -0.15) is 5.10 Å². The van der Waals surface area contributed by atoms with Gasteiger partial charge in [0.25, 0.3) is 5.91 Å². The van der Waals surface area contributed by atoms with Gasteiger partial charge in [-0.05, 0) is 30.7 Å². The summed E-state index contributed by atoms with van der Waals surface area (Å²) in [4.78, 5) is 25.4. The first kappa shape index (κ1) is 16.5. The first-order valence-corrected chi connectivity index (χ1v) is 7.85. The van der Waals surface area contributed by atoms with Gasteiger partial charge < -0.3 is 15.1 Å². The molecule has 3 rings (SSSR count). The van der Waals surface area contributed by atoms with Crippen molar-refractivity contribution in [2.75, 3.05) is 13.1 Å². The average Bonchev–Trinajstić information content (AvgIpc) is 3.09. The van der Waals surface area contributed by atoms with Crippen molar-refractivity contribution in [3.05, 3.63) is 47.2 Å². The third-order valence-corrected chi connectivity index (χ3v) is 4.46. The second kappa shape index (κ2) is 6.62. The van der Waals surface area contributed by atoms with Gasteiger partial charge in [0.2, 0.25) is 0 Å². The molecule has 0 unspecified atom stereocenters. The molecule has 0 saturated carbocycles.